The number of aliphatic hydroxyl groups is 1. The van der Waals surface area contributed by atoms with Crippen LogP contribution in [-0.4, -0.2) is 63.3 Å². The lowest BCUT2D eigenvalue weighted by molar-refractivity contribution is -0.0435. The van der Waals surface area contributed by atoms with Crippen molar-refractivity contribution in [2.24, 2.45) is 0 Å². The zero-order valence-electron chi connectivity index (χ0n) is 12.5. The van der Waals surface area contributed by atoms with E-state index < -0.39 is 20.2 Å². The number of aliphatic hydroxyl groups excluding tert-OH is 1. The van der Waals surface area contributed by atoms with Crippen LogP contribution in [0.1, 0.15) is 6.42 Å². The van der Waals surface area contributed by atoms with Gasteiger partial charge in [-0.15, -0.1) is 0 Å². The molecule has 5 nitrogen and oxygen atoms in total. The lowest BCUT2D eigenvalue weighted by atomic mass is 10.2. The average Bonchev–Trinajstić information content (AvgIpc) is 2.52. The molecule has 0 aliphatic carbocycles. The van der Waals surface area contributed by atoms with Gasteiger partial charge >= 0.3 is 5.51 Å². The average molecular weight is 352 g/mol. The number of alkyl halides is 3. The first-order valence-corrected chi connectivity index (χ1v) is 8.74. The minimum absolute atomic E-state index is 0.0895. The van der Waals surface area contributed by atoms with Crippen LogP contribution in [0.5, 0.6) is 0 Å². The van der Waals surface area contributed by atoms with Crippen LogP contribution in [0.25, 0.3) is 0 Å². The molecule has 0 unspecified atom stereocenters. The van der Waals surface area contributed by atoms with Gasteiger partial charge in [0.25, 0.3) is 9.84 Å². The third kappa shape index (κ3) is 3.96. The molecule has 1 fully saturated rings. The predicted octanol–water partition coefficient (Wildman–Crippen LogP) is 1.48. The van der Waals surface area contributed by atoms with Gasteiger partial charge in [0.1, 0.15) is 0 Å². The van der Waals surface area contributed by atoms with Gasteiger partial charge in [0, 0.05) is 39.3 Å². The Balaban J connectivity index is 2.20. The number of rotatable bonds is 5. The third-order valence-corrected chi connectivity index (χ3v) is 5.34. The molecule has 130 valence electrons. The van der Waals surface area contributed by atoms with E-state index >= 15 is 0 Å². The largest absolute Gasteiger partial charge is 0.501 e. The standard InChI is InChI=1S/C14H19F3N2O3S/c15-14(16,17)23(21,22)13-5-2-1-4-12(13)19-9-7-18(8-10-19)6-3-11-20/h1-2,4-5,20H,3,6-11H2. The molecule has 1 saturated heterocycles. The molecule has 1 aliphatic heterocycles. The fourth-order valence-corrected chi connectivity index (χ4v) is 3.56. The fraction of sp³-hybridized carbons (Fsp3) is 0.571. The van der Waals surface area contributed by atoms with Crippen LogP contribution >= 0.6 is 0 Å². The van der Waals surface area contributed by atoms with Crippen molar-refractivity contribution in [2.45, 2.75) is 16.8 Å². The number of sulfone groups is 1. The van der Waals surface area contributed by atoms with Crippen LogP contribution in [0.4, 0.5) is 18.9 Å². The quantitative estimate of drug-likeness (QED) is 0.870. The third-order valence-electron chi connectivity index (χ3n) is 3.80. The summed E-state index contributed by atoms with van der Waals surface area (Å²) in [5.41, 5.74) is -5.22. The lowest BCUT2D eigenvalue weighted by Crippen LogP contribution is -2.47. The summed E-state index contributed by atoms with van der Waals surface area (Å²) in [6.07, 6.45) is 0.638. The summed E-state index contributed by atoms with van der Waals surface area (Å²) >= 11 is 0. The minimum atomic E-state index is -5.37. The molecule has 0 aromatic heterocycles. The Kier molecular flexibility index (Phi) is 5.53. The van der Waals surface area contributed by atoms with Crippen molar-refractivity contribution in [3.05, 3.63) is 24.3 Å². The zero-order valence-corrected chi connectivity index (χ0v) is 13.3. The monoisotopic (exact) mass is 352 g/mol. The van der Waals surface area contributed by atoms with E-state index in [1.54, 1.807) is 4.90 Å². The van der Waals surface area contributed by atoms with Crippen LogP contribution in [0, 0.1) is 0 Å². The Morgan fingerprint density at radius 2 is 1.70 bits per heavy atom. The van der Waals surface area contributed by atoms with Gasteiger partial charge in [-0.2, -0.15) is 13.2 Å². The number of nitrogens with zero attached hydrogens (tertiary/aromatic N) is 2. The van der Waals surface area contributed by atoms with Gasteiger partial charge in [-0.3, -0.25) is 4.90 Å². The van der Waals surface area contributed by atoms with E-state index in [-0.39, 0.29) is 12.3 Å². The maximum Gasteiger partial charge on any atom is 0.501 e. The Bertz CT molecular complexity index is 626. The van der Waals surface area contributed by atoms with Crippen LogP contribution in [-0.2, 0) is 9.84 Å². The van der Waals surface area contributed by atoms with E-state index in [1.165, 1.54) is 18.2 Å². The van der Waals surface area contributed by atoms with Gasteiger partial charge in [-0.1, -0.05) is 12.1 Å². The number of hydrogen-bond donors (Lipinski definition) is 1. The van der Waals surface area contributed by atoms with Crippen LogP contribution < -0.4 is 4.90 Å². The SMILES string of the molecule is O=S(=O)(c1ccccc1N1CCN(CCCO)CC1)C(F)(F)F. The molecule has 0 radical (unpaired) electrons. The van der Waals surface area contributed by atoms with Gasteiger partial charge in [-0.05, 0) is 18.6 Å². The first kappa shape index (κ1) is 18.0. The van der Waals surface area contributed by atoms with Crippen molar-refractivity contribution >= 4 is 15.5 Å². The molecule has 23 heavy (non-hydrogen) atoms. The Morgan fingerprint density at radius 1 is 1.09 bits per heavy atom. The van der Waals surface area contributed by atoms with Crippen molar-refractivity contribution in [1.82, 2.24) is 4.90 Å². The molecule has 1 aromatic rings. The molecule has 1 heterocycles. The molecule has 1 N–H and O–H groups in total. The van der Waals surface area contributed by atoms with Crippen LogP contribution in [0.15, 0.2) is 29.2 Å². The molecule has 0 bridgehead atoms. The van der Waals surface area contributed by atoms with E-state index in [0.717, 1.165) is 6.07 Å². The summed E-state index contributed by atoms with van der Waals surface area (Å²) in [5.74, 6) is 0. The summed E-state index contributed by atoms with van der Waals surface area (Å²) in [4.78, 5) is 3.05. The second-order valence-corrected chi connectivity index (χ2v) is 7.23. The highest BCUT2D eigenvalue weighted by Gasteiger charge is 2.48. The second-order valence-electron chi connectivity index (χ2n) is 5.32. The van der Waals surface area contributed by atoms with E-state index in [1.807, 2.05) is 0 Å². The van der Waals surface area contributed by atoms with E-state index in [0.29, 0.717) is 39.1 Å². The maximum absolute atomic E-state index is 12.8. The highest BCUT2D eigenvalue weighted by Crippen LogP contribution is 2.36. The second kappa shape index (κ2) is 7.06. The Labute approximate surface area is 133 Å². The molecule has 1 aromatic carbocycles. The first-order chi connectivity index (χ1) is 10.8. The van der Waals surface area contributed by atoms with Gasteiger partial charge in [0.15, 0.2) is 0 Å². The van der Waals surface area contributed by atoms with Gasteiger partial charge in [0.05, 0.1) is 10.6 Å². The fourth-order valence-electron chi connectivity index (χ4n) is 2.58. The number of halogens is 3. The summed E-state index contributed by atoms with van der Waals surface area (Å²) in [6.45, 7) is 2.91. The highest BCUT2D eigenvalue weighted by molar-refractivity contribution is 7.92. The van der Waals surface area contributed by atoms with Crippen molar-refractivity contribution < 1.29 is 26.7 Å². The molecule has 0 saturated carbocycles. The van der Waals surface area contributed by atoms with Crippen molar-refractivity contribution in [2.75, 3.05) is 44.2 Å². The Hall–Kier alpha value is -1.32. The number of hydrogen-bond acceptors (Lipinski definition) is 5. The van der Waals surface area contributed by atoms with Crippen LogP contribution in [0.2, 0.25) is 0 Å². The predicted molar refractivity (Wildman–Crippen MR) is 80.0 cm³/mol. The Morgan fingerprint density at radius 3 is 2.26 bits per heavy atom. The molecule has 0 atom stereocenters. The molecule has 0 amide bonds. The summed E-state index contributed by atoms with van der Waals surface area (Å²) in [7, 11) is -5.37. The topological polar surface area (TPSA) is 60.9 Å². The van der Waals surface area contributed by atoms with E-state index in [2.05, 4.69) is 4.90 Å². The first-order valence-electron chi connectivity index (χ1n) is 7.26. The number of piperazine rings is 1. The number of para-hydroxylation sites is 1. The molecular weight excluding hydrogens is 333 g/mol. The molecule has 2 rings (SSSR count). The normalized spacial score (nSPS) is 17.5. The molecule has 1 aliphatic rings. The minimum Gasteiger partial charge on any atom is -0.396 e. The highest BCUT2D eigenvalue weighted by atomic mass is 32.2. The van der Waals surface area contributed by atoms with Gasteiger partial charge < -0.3 is 10.0 Å². The summed E-state index contributed by atoms with van der Waals surface area (Å²) < 4.78 is 62.0. The van der Waals surface area contributed by atoms with Crippen LogP contribution in [0.3, 0.4) is 0 Å². The number of benzene rings is 1. The van der Waals surface area contributed by atoms with E-state index in [4.69, 9.17) is 5.11 Å². The maximum atomic E-state index is 12.8. The number of anilines is 1. The summed E-state index contributed by atoms with van der Waals surface area (Å²) in [6, 6.07) is 5.22. The van der Waals surface area contributed by atoms with Crippen molar-refractivity contribution in [3.63, 3.8) is 0 Å². The zero-order chi connectivity index (χ0) is 17.1. The van der Waals surface area contributed by atoms with Gasteiger partial charge in [0.2, 0.25) is 0 Å². The lowest BCUT2D eigenvalue weighted by Gasteiger charge is -2.36. The smallest absolute Gasteiger partial charge is 0.396 e. The van der Waals surface area contributed by atoms with Crippen molar-refractivity contribution in [1.29, 1.82) is 0 Å². The molecule has 0 spiro atoms. The summed E-state index contributed by atoms with van der Waals surface area (Å²) in [5, 5.41) is 8.82. The van der Waals surface area contributed by atoms with Gasteiger partial charge in [-0.25, -0.2) is 8.42 Å². The molecular formula is C14H19F3N2O3S. The molecule has 9 heteroatoms. The van der Waals surface area contributed by atoms with Crippen molar-refractivity contribution in [3.8, 4) is 0 Å². The van der Waals surface area contributed by atoms with E-state index in [9.17, 15) is 21.6 Å².